The first-order valence-electron chi connectivity index (χ1n) is 1.48. The third kappa shape index (κ3) is 0.795. The topological polar surface area (TPSA) is 24.7 Å². The average Bonchev–Trinajstić information content (AvgIpc) is 1.76. The van der Waals surface area contributed by atoms with Crippen molar-refractivity contribution in [3.63, 3.8) is 0 Å². The first kappa shape index (κ1) is 3.46. The van der Waals surface area contributed by atoms with Crippen molar-refractivity contribution in [3.05, 3.63) is 0 Å². The van der Waals surface area contributed by atoms with Gasteiger partial charge < -0.3 is 0 Å². The van der Waals surface area contributed by atoms with Gasteiger partial charge >= 0.3 is 43.1 Å². The van der Waals surface area contributed by atoms with Crippen molar-refractivity contribution in [3.8, 4) is 0 Å². The van der Waals surface area contributed by atoms with Crippen LogP contribution >= 0.6 is 0 Å². The van der Waals surface area contributed by atoms with Crippen LogP contribution in [0.1, 0.15) is 0 Å². The van der Waals surface area contributed by atoms with Gasteiger partial charge in [0.15, 0.2) is 0 Å². The van der Waals surface area contributed by atoms with Gasteiger partial charge in [0.2, 0.25) is 0 Å². The van der Waals surface area contributed by atoms with E-state index in [4.69, 9.17) is 0 Å². The number of hydrogen-bond donors (Lipinski definition) is 0. The molecule has 0 unspecified atom stereocenters. The molecule has 2 nitrogen and oxygen atoms in total. The Kier molecular flexibility index (Phi) is 1.14. The second kappa shape index (κ2) is 1.65. The van der Waals surface area contributed by atoms with Crippen molar-refractivity contribution in [1.82, 2.24) is 0 Å². The average molecular weight is 255 g/mol. The van der Waals surface area contributed by atoms with Crippen LogP contribution in [0.25, 0.3) is 0 Å². The molecule has 0 radical (unpaired) electrons. The van der Waals surface area contributed by atoms with Crippen molar-refractivity contribution in [2.24, 2.45) is 5.51 Å². The van der Waals surface area contributed by atoms with E-state index in [0.717, 1.165) is 0 Å². The van der Waals surface area contributed by atoms with Crippen LogP contribution in [0.2, 0.25) is 0 Å². The van der Waals surface area contributed by atoms with Gasteiger partial charge in [-0.1, -0.05) is 0 Å². The summed E-state index contributed by atoms with van der Waals surface area (Å²) in [6, 6.07) is 0. The Bertz CT molecular complexity index is 65.7. The molecule has 0 fully saturated rings. The van der Waals surface area contributed by atoms with Gasteiger partial charge in [0.25, 0.3) is 0 Å². The van der Waals surface area contributed by atoms with E-state index < -0.39 is 25.2 Å². The molecule has 0 aliphatic carbocycles. The van der Waals surface area contributed by atoms with Crippen LogP contribution in [0.15, 0.2) is 5.51 Å². The maximum absolute atomic E-state index is 3.96. The summed E-state index contributed by atoms with van der Waals surface area (Å²) in [6.07, 6.45) is 3.59. The van der Waals surface area contributed by atoms with E-state index >= 15 is 0 Å². The van der Waals surface area contributed by atoms with E-state index in [1.54, 1.807) is 12.4 Å². The minimum atomic E-state index is -0.892. The molecule has 1 aliphatic heterocycles. The van der Waals surface area contributed by atoms with Crippen LogP contribution in [-0.4, -0.2) is 12.4 Å². The van der Waals surface area contributed by atoms with Crippen molar-refractivity contribution in [2.45, 2.75) is 0 Å². The minimum absolute atomic E-state index is 0.892. The molecule has 0 bridgehead atoms. The molecular weight excluding hydrogens is 253 g/mol. The summed E-state index contributed by atoms with van der Waals surface area (Å²) in [4.78, 5) is 0. The van der Waals surface area contributed by atoms with Crippen molar-refractivity contribution < 1.29 is 25.2 Å². The van der Waals surface area contributed by atoms with Crippen LogP contribution in [0.4, 0.5) is 0 Å². The molecule has 0 atom stereocenters. The molecule has 0 N–H and O–H groups in total. The summed E-state index contributed by atoms with van der Waals surface area (Å²) >= 11 is -0.892. The number of rotatable bonds is 0. The zero-order chi connectivity index (χ0) is 3.54. The summed E-state index contributed by atoms with van der Waals surface area (Å²) in [5.41, 5.74) is 0. The van der Waals surface area contributed by atoms with Gasteiger partial charge in [-0.05, 0) is 0 Å². The van der Waals surface area contributed by atoms with Crippen molar-refractivity contribution >= 4 is 12.4 Å². The van der Waals surface area contributed by atoms with Gasteiger partial charge in [-0.25, -0.2) is 0 Å². The fraction of sp³-hybridized carbons (Fsp3) is 0. The first-order chi connectivity index (χ1) is 2.50. The fourth-order valence-corrected chi connectivity index (χ4v) is 2.07. The molecule has 0 saturated heterocycles. The molecule has 0 aromatic heterocycles. The normalized spacial score (nSPS) is 14.4. The summed E-state index contributed by atoms with van der Waals surface area (Å²) < 4.78 is 7.92. The Morgan fingerprint density at radius 2 is 1.80 bits per heavy atom. The summed E-state index contributed by atoms with van der Waals surface area (Å²) in [6.45, 7) is 0. The van der Waals surface area contributed by atoms with Crippen LogP contribution in [0.5, 0.6) is 0 Å². The zero-order valence-electron chi connectivity index (χ0n) is 2.76. The molecule has 1 aliphatic rings. The van der Waals surface area contributed by atoms with E-state index in [9.17, 15) is 0 Å². The van der Waals surface area contributed by atoms with Crippen LogP contribution < -0.4 is 0 Å². The van der Waals surface area contributed by atoms with E-state index in [0.29, 0.717) is 0 Å². The van der Waals surface area contributed by atoms with Crippen LogP contribution in [0.3, 0.4) is 0 Å². The molecule has 0 aromatic carbocycles. The van der Waals surface area contributed by atoms with E-state index in [1.807, 2.05) is 0 Å². The number of nitrogens with zero attached hydrogens (tertiary/aromatic N) is 2. The monoisotopic (exact) mass is 256 g/mol. The van der Waals surface area contributed by atoms with Crippen LogP contribution in [-0.2, 0) is 25.2 Å². The molecule has 1 rings (SSSR count). The summed E-state index contributed by atoms with van der Waals surface area (Å²) in [5, 5.41) is 0. The number of hydrogen-bond acceptors (Lipinski definition) is 2. The fourth-order valence-electron chi connectivity index (χ4n) is 0.236. The predicted molar refractivity (Wildman–Crippen MR) is 17.0 cm³/mol. The molecule has 0 amide bonds. The van der Waals surface area contributed by atoms with Crippen LogP contribution in [0, 0.1) is 0 Å². The Morgan fingerprint density at radius 3 is 2.00 bits per heavy atom. The molecule has 0 spiro atoms. The third-order valence-electron chi connectivity index (χ3n) is 0.441. The Hall–Kier alpha value is 0.275. The predicted octanol–water partition coefficient (Wildman–Crippen LogP) is 0.0541. The molecular formula is C2H2HgN2. The second-order valence-electron chi connectivity index (χ2n) is 0.805. The summed E-state index contributed by atoms with van der Waals surface area (Å²) in [7, 11) is 0. The van der Waals surface area contributed by atoms with Gasteiger partial charge in [0.05, 0.1) is 0 Å². The molecule has 1 heterocycles. The van der Waals surface area contributed by atoms with Gasteiger partial charge in [-0.3, -0.25) is 0 Å². The quantitative estimate of drug-likeness (QED) is 0.546. The zero-order valence-corrected chi connectivity index (χ0v) is 8.25. The Morgan fingerprint density at radius 1 is 1.20 bits per heavy atom. The molecule has 5 heavy (non-hydrogen) atoms. The second-order valence-corrected chi connectivity index (χ2v) is 4.74. The third-order valence-corrected chi connectivity index (χ3v) is 3.35. The molecule has 0 saturated carbocycles. The van der Waals surface area contributed by atoms with Crippen molar-refractivity contribution in [1.29, 1.82) is 0 Å². The van der Waals surface area contributed by atoms with E-state index in [-0.39, 0.29) is 0 Å². The molecule has 3 heteroatoms. The van der Waals surface area contributed by atoms with Gasteiger partial charge in [-0.15, -0.1) is 0 Å². The Labute approximate surface area is 43.3 Å². The van der Waals surface area contributed by atoms with E-state index in [2.05, 4.69) is 5.51 Å². The van der Waals surface area contributed by atoms with Gasteiger partial charge in [0, 0.05) is 0 Å². The first-order valence-corrected chi connectivity index (χ1v) is 6.40. The standard InChI is InChI=1S/C2H2N2.Hg/c3-1-2-4;/h1-2H;/q-2;+2. The molecule has 0 aromatic rings. The summed E-state index contributed by atoms with van der Waals surface area (Å²) in [5.74, 6) is 0. The SMILES string of the molecule is C1=[N][Hg][N]=C1. The molecule has 22 valence electrons. The van der Waals surface area contributed by atoms with Gasteiger partial charge in [0.1, 0.15) is 0 Å². The maximum atomic E-state index is 3.96. The Balaban J connectivity index is 2.61. The van der Waals surface area contributed by atoms with Crippen molar-refractivity contribution in [2.75, 3.05) is 0 Å². The van der Waals surface area contributed by atoms with E-state index in [1.165, 1.54) is 0 Å². The van der Waals surface area contributed by atoms with Gasteiger partial charge in [-0.2, -0.15) is 0 Å².